The van der Waals surface area contributed by atoms with Gasteiger partial charge in [0, 0.05) is 36.4 Å². The zero-order valence-corrected chi connectivity index (χ0v) is 26.0. The van der Waals surface area contributed by atoms with Crippen LogP contribution in [0.5, 0.6) is 0 Å². The number of aliphatic hydroxyl groups excluding tert-OH is 1. The first-order valence-corrected chi connectivity index (χ1v) is 15.7. The second-order valence-corrected chi connectivity index (χ2v) is 13.4. The number of aliphatic hydroxyl groups is 1. The van der Waals surface area contributed by atoms with E-state index in [0.717, 1.165) is 38.1 Å². The molecule has 0 bridgehead atoms. The SMILES string of the molecule is O=C(NCc1cccc(-c2ccc(C3OC(CSc4cccc[n+]4[O-])CC(c4ccc(CO)cc4)O3)cc2)c1)C(Cl)(Cl)Cl. The van der Waals surface area contributed by atoms with Crippen molar-refractivity contribution >= 4 is 52.5 Å². The number of pyridine rings is 1. The van der Waals surface area contributed by atoms with Crippen LogP contribution in [0.1, 0.15) is 41.1 Å². The topological polar surface area (TPSA) is 94.7 Å². The number of halogens is 3. The highest BCUT2D eigenvalue weighted by Crippen LogP contribution is 2.39. The Morgan fingerprint density at radius 2 is 1.67 bits per heavy atom. The minimum atomic E-state index is -2.02. The largest absolute Gasteiger partial charge is 0.618 e. The van der Waals surface area contributed by atoms with E-state index in [9.17, 15) is 15.1 Å². The van der Waals surface area contributed by atoms with Gasteiger partial charge in [-0.15, -0.1) is 0 Å². The van der Waals surface area contributed by atoms with Crippen LogP contribution in [0, 0.1) is 5.21 Å². The Hall–Kier alpha value is -2.82. The van der Waals surface area contributed by atoms with Crippen LogP contribution in [0.15, 0.2) is 102 Å². The number of hydrogen-bond acceptors (Lipinski definition) is 6. The van der Waals surface area contributed by atoms with Crippen molar-refractivity contribution < 1.29 is 24.1 Å². The Bertz CT molecular complexity index is 1530. The maximum absolute atomic E-state index is 12.2. The van der Waals surface area contributed by atoms with Crippen molar-refractivity contribution in [2.75, 3.05) is 5.75 Å². The van der Waals surface area contributed by atoms with Crippen LogP contribution in [0.4, 0.5) is 0 Å². The van der Waals surface area contributed by atoms with Gasteiger partial charge >= 0.3 is 0 Å². The molecule has 0 radical (unpaired) electrons. The third kappa shape index (κ3) is 8.42. The van der Waals surface area contributed by atoms with Crippen LogP contribution in [0.3, 0.4) is 0 Å². The number of carbonyl (C=O) groups is 1. The van der Waals surface area contributed by atoms with E-state index >= 15 is 0 Å². The standard InChI is InChI=1S/C32H29Cl3N2O5S/c33-32(34,35)31(39)36-18-22-4-3-5-26(16-22)23-11-13-25(14-12-23)30-41-27(20-43-29-6-1-2-15-37(29)40)17-28(42-30)24-9-7-21(19-38)8-10-24/h1-16,27-28,30,38H,17-20H2,(H,36,39). The zero-order valence-electron chi connectivity index (χ0n) is 22.9. The lowest BCUT2D eigenvalue weighted by Crippen LogP contribution is -2.33. The molecule has 1 aliphatic heterocycles. The zero-order chi connectivity index (χ0) is 30.4. The summed E-state index contributed by atoms with van der Waals surface area (Å²) >= 11 is 18.4. The van der Waals surface area contributed by atoms with Crippen molar-refractivity contribution in [3.8, 4) is 11.1 Å². The second kappa shape index (κ2) is 14.3. The average molecular weight is 660 g/mol. The van der Waals surface area contributed by atoms with Gasteiger partial charge in [-0.05, 0) is 39.9 Å². The minimum Gasteiger partial charge on any atom is -0.618 e. The summed E-state index contributed by atoms with van der Waals surface area (Å²) in [6.45, 7) is 0.194. The number of amides is 1. The number of aromatic nitrogens is 1. The lowest BCUT2D eigenvalue weighted by atomic mass is 9.99. The molecular weight excluding hydrogens is 631 g/mol. The van der Waals surface area contributed by atoms with Crippen LogP contribution in [-0.4, -0.2) is 26.7 Å². The lowest BCUT2D eigenvalue weighted by molar-refractivity contribution is -0.645. The van der Waals surface area contributed by atoms with Gasteiger partial charge < -0.3 is 25.1 Å². The Kier molecular flexibility index (Phi) is 10.5. The molecule has 224 valence electrons. The monoisotopic (exact) mass is 658 g/mol. The van der Waals surface area contributed by atoms with Gasteiger partial charge in [0.15, 0.2) is 12.5 Å². The molecule has 43 heavy (non-hydrogen) atoms. The highest BCUT2D eigenvalue weighted by molar-refractivity contribution is 7.99. The van der Waals surface area contributed by atoms with Crippen molar-refractivity contribution in [1.82, 2.24) is 5.32 Å². The predicted molar refractivity (Wildman–Crippen MR) is 169 cm³/mol. The molecule has 3 aromatic carbocycles. The van der Waals surface area contributed by atoms with E-state index in [1.165, 1.54) is 18.0 Å². The second-order valence-electron chi connectivity index (χ2n) is 10.0. The van der Waals surface area contributed by atoms with Gasteiger partial charge in [0.25, 0.3) is 14.7 Å². The van der Waals surface area contributed by atoms with Crippen molar-refractivity contribution in [3.63, 3.8) is 0 Å². The maximum Gasteiger partial charge on any atom is 0.272 e. The number of nitrogens with one attached hydrogen (secondary N) is 1. The van der Waals surface area contributed by atoms with Gasteiger partial charge in [0.1, 0.15) is 0 Å². The lowest BCUT2D eigenvalue weighted by Gasteiger charge is -2.36. The predicted octanol–water partition coefficient (Wildman–Crippen LogP) is 6.80. The quantitative estimate of drug-likeness (QED) is 0.0888. The molecular formula is C32H29Cl3N2O5S. The van der Waals surface area contributed by atoms with Crippen molar-refractivity contribution in [2.24, 2.45) is 0 Å². The van der Waals surface area contributed by atoms with Gasteiger partial charge in [-0.2, -0.15) is 4.73 Å². The molecule has 7 nitrogen and oxygen atoms in total. The molecule has 1 saturated heterocycles. The van der Waals surface area contributed by atoms with Crippen molar-refractivity contribution in [2.45, 2.75) is 46.9 Å². The molecule has 1 aromatic heterocycles. The summed E-state index contributed by atoms with van der Waals surface area (Å²) in [5, 5.41) is 24.9. The molecule has 3 atom stereocenters. The summed E-state index contributed by atoms with van der Waals surface area (Å²) in [5.74, 6) is -0.105. The Labute approximate surface area is 269 Å². The van der Waals surface area contributed by atoms with Crippen LogP contribution < -0.4 is 10.0 Å². The van der Waals surface area contributed by atoms with E-state index in [2.05, 4.69) is 5.32 Å². The van der Waals surface area contributed by atoms with Crippen LogP contribution in [0.2, 0.25) is 0 Å². The number of benzene rings is 3. The third-order valence-electron chi connectivity index (χ3n) is 6.97. The number of carbonyl (C=O) groups excluding carboxylic acids is 1. The Morgan fingerprint density at radius 3 is 2.37 bits per heavy atom. The first kappa shape index (κ1) is 31.6. The number of alkyl halides is 3. The Balaban J connectivity index is 1.32. The number of ether oxygens (including phenoxy) is 2. The summed E-state index contributed by atoms with van der Waals surface area (Å²) in [7, 11) is 0. The number of nitrogens with zero attached hydrogens (tertiary/aromatic N) is 1. The number of rotatable bonds is 9. The summed E-state index contributed by atoms with van der Waals surface area (Å²) in [4.78, 5) is 11.9. The molecule has 1 amide bonds. The molecule has 1 aliphatic rings. The Morgan fingerprint density at radius 1 is 0.930 bits per heavy atom. The molecule has 5 rings (SSSR count). The molecule has 2 N–H and O–H groups in total. The fourth-order valence-corrected chi connectivity index (χ4v) is 5.84. The summed E-state index contributed by atoms with van der Waals surface area (Å²) < 4.78 is 11.7. The van der Waals surface area contributed by atoms with E-state index in [-0.39, 0.29) is 25.4 Å². The fraction of sp³-hybridized carbons (Fsp3) is 0.250. The van der Waals surface area contributed by atoms with E-state index in [0.29, 0.717) is 17.2 Å². The summed E-state index contributed by atoms with van der Waals surface area (Å²) in [5.41, 5.74) is 5.48. The average Bonchev–Trinajstić information content (AvgIpc) is 3.03. The van der Waals surface area contributed by atoms with Gasteiger partial charge in [-0.1, -0.05) is 113 Å². The summed E-state index contributed by atoms with van der Waals surface area (Å²) in [6.07, 6.45) is 1.08. The number of thioether (sulfide) groups is 1. The van der Waals surface area contributed by atoms with Crippen LogP contribution >= 0.6 is 46.6 Å². The highest BCUT2D eigenvalue weighted by atomic mass is 35.6. The molecule has 4 aromatic rings. The molecule has 11 heteroatoms. The van der Waals surface area contributed by atoms with Gasteiger partial charge in [0.05, 0.1) is 18.8 Å². The van der Waals surface area contributed by atoms with Gasteiger partial charge in [0.2, 0.25) is 0 Å². The maximum atomic E-state index is 12.2. The fourth-order valence-electron chi connectivity index (χ4n) is 4.70. The van der Waals surface area contributed by atoms with E-state index in [4.69, 9.17) is 44.3 Å². The van der Waals surface area contributed by atoms with Crippen molar-refractivity contribution in [3.05, 3.63) is 125 Å². The first-order valence-electron chi connectivity index (χ1n) is 13.6. The molecule has 0 aliphatic carbocycles. The first-order chi connectivity index (χ1) is 20.7. The molecule has 0 saturated carbocycles. The van der Waals surface area contributed by atoms with E-state index < -0.39 is 16.0 Å². The smallest absolute Gasteiger partial charge is 0.272 e. The third-order valence-corrected chi connectivity index (χ3v) is 8.64. The molecule has 0 spiro atoms. The summed E-state index contributed by atoms with van der Waals surface area (Å²) in [6, 6.07) is 28.7. The van der Waals surface area contributed by atoms with Crippen LogP contribution in [-0.2, 0) is 27.4 Å². The molecule has 2 heterocycles. The van der Waals surface area contributed by atoms with E-state index in [1.54, 1.807) is 12.1 Å². The van der Waals surface area contributed by atoms with Crippen molar-refractivity contribution in [1.29, 1.82) is 0 Å². The van der Waals surface area contributed by atoms with E-state index in [1.807, 2.05) is 78.9 Å². The number of hydrogen-bond donors (Lipinski definition) is 2. The van der Waals surface area contributed by atoms with Gasteiger partial charge in [-0.25, -0.2) is 0 Å². The minimum absolute atomic E-state index is 0.0259. The normalized spacial score (nSPS) is 18.7. The van der Waals surface area contributed by atoms with Crippen LogP contribution in [0.25, 0.3) is 11.1 Å². The molecule has 1 fully saturated rings. The van der Waals surface area contributed by atoms with Gasteiger partial charge in [-0.3, -0.25) is 4.79 Å². The highest BCUT2D eigenvalue weighted by Gasteiger charge is 2.33. The molecule has 3 unspecified atom stereocenters.